The van der Waals surface area contributed by atoms with Gasteiger partial charge in [0.1, 0.15) is 5.82 Å². The monoisotopic (exact) mass is 421 g/mol. The van der Waals surface area contributed by atoms with Crippen LogP contribution in [0, 0.1) is 6.92 Å². The molecule has 0 amide bonds. The van der Waals surface area contributed by atoms with Crippen molar-refractivity contribution < 1.29 is 13.9 Å². The Kier molecular flexibility index (Phi) is 5.31. The molecule has 2 heterocycles. The molecule has 1 saturated carbocycles. The van der Waals surface area contributed by atoms with Crippen molar-refractivity contribution in [3.8, 4) is 0 Å². The van der Waals surface area contributed by atoms with Crippen LogP contribution in [0.5, 0.6) is 0 Å². The molecule has 0 radical (unpaired) electrons. The molecular weight excluding hydrogens is 400 g/mol. The Hall–Kier alpha value is -2.45. The Morgan fingerprint density at radius 1 is 1.31 bits per heavy atom. The van der Waals surface area contributed by atoms with Crippen molar-refractivity contribution in [2.45, 2.75) is 44.9 Å². The SMILES string of the molecule is Cc1cnc(NC2CC(F)(F)C2)nc1N1C=CN(Cc2cccc(Cl)c2CO)C1. The van der Waals surface area contributed by atoms with E-state index in [1.807, 2.05) is 36.4 Å². The molecule has 2 aromatic rings. The van der Waals surface area contributed by atoms with Crippen LogP contribution in [0.2, 0.25) is 5.02 Å². The molecule has 4 rings (SSSR count). The lowest BCUT2D eigenvalue weighted by molar-refractivity contribution is -0.0794. The van der Waals surface area contributed by atoms with Gasteiger partial charge in [0.2, 0.25) is 5.95 Å². The van der Waals surface area contributed by atoms with Crippen molar-refractivity contribution in [3.05, 3.63) is 58.5 Å². The average molecular weight is 422 g/mol. The summed E-state index contributed by atoms with van der Waals surface area (Å²) >= 11 is 6.18. The quantitative estimate of drug-likeness (QED) is 0.737. The number of aromatic nitrogens is 2. The zero-order chi connectivity index (χ0) is 20.6. The predicted octanol–water partition coefficient (Wildman–Crippen LogP) is 3.89. The summed E-state index contributed by atoms with van der Waals surface area (Å²) in [6, 6.07) is 5.27. The topological polar surface area (TPSA) is 64.5 Å². The average Bonchev–Trinajstić information content (AvgIpc) is 3.10. The molecule has 2 N–H and O–H groups in total. The summed E-state index contributed by atoms with van der Waals surface area (Å²) in [4.78, 5) is 12.8. The number of anilines is 2. The lowest BCUT2D eigenvalue weighted by atomic mass is 9.88. The second-order valence-corrected chi connectivity index (χ2v) is 7.90. The third-order valence-corrected chi connectivity index (χ3v) is 5.53. The number of benzene rings is 1. The van der Waals surface area contributed by atoms with Gasteiger partial charge in [-0.05, 0) is 18.6 Å². The van der Waals surface area contributed by atoms with Crippen LogP contribution in [0.1, 0.15) is 29.5 Å². The molecule has 0 saturated heterocycles. The minimum absolute atomic E-state index is 0.115. The molecule has 1 aliphatic carbocycles. The Bertz CT molecular complexity index is 931. The van der Waals surface area contributed by atoms with E-state index in [0.29, 0.717) is 24.2 Å². The predicted molar refractivity (Wildman–Crippen MR) is 108 cm³/mol. The summed E-state index contributed by atoms with van der Waals surface area (Å²) in [5, 5.41) is 13.1. The highest BCUT2D eigenvalue weighted by Gasteiger charge is 2.45. The van der Waals surface area contributed by atoms with Crippen LogP contribution in [0.15, 0.2) is 36.8 Å². The van der Waals surface area contributed by atoms with E-state index in [-0.39, 0.29) is 25.5 Å². The maximum absolute atomic E-state index is 13.1. The van der Waals surface area contributed by atoms with Gasteiger partial charge in [0.05, 0.1) is 13.3 Å². The molecule has 0 bridgehead atoms. The first-order chi connectivity index (χ1) is 13.8. The van der Waals surface area contributed by atoms with Crippen LogP contribution in [0.3, 0.4) is 0 Å². The first-order valence-corrected chi connectivity index (χ1v) is 9.76. The molecule has 2 aliphatic rings. The van der Waals surface area contributed by atoms with E-state index >= 15 is 0 Å². The Balaban J connectivity index is 1.43. The molecule has 1 aliphatic heterocycles. The van der Waals surface area contributed by atoms with Gasteiger partial charge in [-0.1, -0.05) is 23.7 Å². The third-order valence-electron chi connectivity index (χ3n) is 5.18. The van der Waals surface area contributed by atoms with Crippen LogP contribution in [0.4, 0.5) is 20.5 Å². The fraction of sp³-hybridized carbons (Fsp3) is 0.400. The summed E-state index contributed by atoms with van der Waals surface area (Å²) in [7, 11) is 0. The molecule has 0 spiro atoms. The highest BCUT2D eigenvalue weighted by atomic mass is 35.5. The maximum atomic E-state index is 13.1. The van der Waals surface area contributed by atoms with E-state index in [0.717, 1.165) is 22.5 Å². The molecule has 29 heavy (non-hydrogen) atoms. The summed E-state index contributed by atoms with van der Waals surface area (Å²) in [6.45, 7) is 2.95. The van der Waals surface area contributed by atoms with Gasteiger partial charge in [-0.2, -0.15) is 4.98 Å². The molecule has 0 atom stereocenters. The molecule has 1 aromatic heterocycles. The zero-order valence-corrected chi connectivity index (χ0v) is 16.7. The number of aliphatic hydroxyl groups is 1. The third kappa shape index (κ3) is 4.28. The molecule has 9 heteroatoms. The normalized spacial score (nSPS) is 18.2. The number of hydrogen-bond acceptors (Lipinski definition) is 6. The highest BCUT2D eigenvalue weighted by molar-refractivity contribution is 6.31. The summed E-state index contributed by atoms with van der Waals surface area (Å²) < 4.78 is 26.1. The molecule has 1 fully saturated rings. The van der Waals surface area contributed by atoms with Crippen molar-refractivity contribution >= 4 is 23.4 Å². The summed E-state index contributed by atoms with van der Waals surface area (Å²) in [5.74, 6) is -1.51. The first-order valence-electron chi connectivity index (χ1n) is 9.39. The van der Waals surface area contributed by atoms with Gasteiger partial charge in [-0.25, -0.2) is 13.8 Å². The Morgan fingerprint density at radius 2 is 2.10 bits per heavy atom. The number of nitrogens with one attached hydrogen (secondary N) is 1. The number of nitrogens with zero attached hydrogens (tertiary/aromatic N) is 4. The van der Waals surface area contributed by atoms with Gasteiger partial charge in [-0.15, -0.1) is 0 Å². The minimum Gasteiger partial charge on any atom is -0.392 e. The number of hydrogen-bond donors (Lipinski definition) is 2. The number of halogens is 3. The van der Waals surface area contributed by atoms with Crippen molar-refractivity contribution in [1.29, 1.82) is 0 Å². The molecule has 154 valence electrons. The van der Waals surface area contributed by atoms with Gasteiger partial charge < -0.3 is 20.2 Å². The van der Waals surface area contributed by atoms with E-state index in [2.05, 4.69) is 20.2 Å². The molecule has 6 nitrogen and oxygen atoms in total. The van der Waals surface area contributed by atoms with E-state index in [4.69, 9.17) is 11.6 Å². The highest BCUT2D eigenvalue weighted by Crippen LogP contribution is 2.38. The van der Waals surface area contributed by atoms with Gasteiger partial charge in [-0.3, -0.25) is 0 Å². The smallest absolute Gasteiger partial charge is 0.252 e. The maximum Gasteiger partial charge on any atom is 0.252 e. The summed E-state index contributed by atoms with van der Waals surface area (Å²) in [5.41, 5.74) is 2.57. The van der Waals surface area contributed by atoms with E-state index < -0.39 is 5.92 Å². The van der Waals surface area contributed by atoms with Crippen LogP contribution < -0.4 is 10.2 Å². The van der Waals surface area contributed by atoms with E-state index in [1.54, 1.807) is 12.3 Å². The van der Waals surface area contributed by atoms with Crippen molar-refractivity contribution in [2.75, 3.05) is 16.9 Å². The van der Waals surface area contributed by atoms with Gasteiger partial charge >= 0.3 is 0 Å². The zero-order valence-electron chi connectivity index (χ0n) is 15.9. The van der Waals surface area contributed by atoms with Crippen LogP contribution >= 0.6 is 11.6 Å². The van der Waals surface area contributed by atoms with Crippen molar-refractivity contribution in [3.63, 3.8) is 0 Å². The number of aliphatic hydroxyl groups excluding tert-OH is 1. The van der Waals surface area contributed by atoms with Crippen molar-refractivity contribution in [1.82, 2.24) is 14.9 Å². The summed E-state index contributed by atoms with van der Waals surface area (Å²) in [6.07, 6.45) is 5.18. The second-order valence-electron chi connectivity index (χ2n) is 7.50. The molecule has 1 aromatic carbocycles. The van der Waals surface area contributed by atoms with Crippen molar-refractivity contribution in [2.24, 2.45) is 0 Å². The second kappa shape index (κ2) is 7.76. The van der Waals surface area contributed by atoms with Gasteiger partial charge in [0.25, 0.3) is 5.92 Å². The van der Waals surface area contributed by atoms with E-state index in [9.17, 15) is 13.9 Å². The minimum atomic E-state index is -2.59. The molecule has 0 unspecified atom stereocenters. The standard InChI is InChI=1S/C20H22ClF2N5O/c1-13-9-24-19(25-15-7-20(22,23)8-15)26-18(13)28-6-5-27(12-28)10-14-3-2-4-17(21)16(14)11-29/h2-6,9,15,29H,7-8,10-12H2,1H3,(H,24,25,26). The van der Waals surface area contributed by atoms with Crippen LogP contribution in [0.25, 0.3) is 0 Å². The Labute approximate surface area is 172 Å². The largest absolute Gasteiger partial charge is 0.392 e. The van der Waals surface area contributed by atoms with Crippen LogP contribution in [-0.4, -0.2) is 38.6 Å². The lowest BCUT2D eigenvalue weighted by Crippen LogP contribution is -2.44. The van der Waals surface area contributed by atoms with Gasteiger partial charge in [0.15, 0.2) is 0 Å². The number of aryl methyl sites for hydroxylation is 1. The Morgan fingerprint density at radius 3 is 2.83 bits per heavy atom. The fourth-order valence-electron chi connectivity index (χ4n) is 3.59. The lowest BCUT2D eigenvalue weighted by Gasteiger charge is -2.35. The van der Waals surface area contributed by atoms with Crippen LogP contribution in [-0.2, 0) is 13.2 Å². The van der Waals surface area contributed by atoms with E-state index in [1.165, 1.54) is 0 Å². The number of rotatable bonds is 6. The first kappa shape index (κ1) is 19.8. The number of alkyl halides is 2. The van der Waals surface area contributed by atoms with Gasteiger partial charge in [0, 0.05) is 60.2 Å². The fourth-order valence-corrected chi connectivity index (χ4v) is 3.85. The molecular formula is C20H22ClF2N5O.